The third-order valence-electron chi connectivity index (χ3n) is 3.86. The van der Waals surface area contributed by atoms with Crippen LogP contribution in [-0.2, 0) is 15.8 Å². The van der Waals surface area contributed by atoms with Crippen LogP contribution in [-0.4, -0.2) is 32.5 Å². The summed E-state index contributed by atoms with van der Waals surface area (Å²) in [6, 6.07) is 15.9. The van der Waals surface area contributed by atoms with Crippen molar-refractivity contribution in [2.45, 2.75) is 5.75 Å². The van der Waals surface area contributed by atoms with E-state index in [1.165, 1.54) is 0 Å². The van der Waals surface area contributed by atoms with E-state index < -0.39 is 16.1 Å². The van der Waals surface area contributed by atoms with Crippen molar-refractivity contribution in [1.82, 2.24) is 15.0 Å². The van der Waals surface area contributed by atoms with Crippen LogP contribution in [0.3, 0.4) is 0 Å². The van der Waals surface area contributed by atoms with E-state index >= 15 is 0 Å². The van der Waals surface area contributed by atoms with Crippen LogP contribution < -0.4 is 15.4 Å². The molecule has 2 aromatic carbocycles. The monoisotopic (exact) mass is 384 g/mol. The third kappa shape index (κ3) is 5.50. The Morgan fingerprint density at radius 1 is 0.963 bits per heavy atom. The normalized spacial score (nSPS) is 11.3. The minimum atomic E-state index is -3.45. The SMILES string of the molecule is O=C(NCCNS(=O)(=O)Cc1ccccc1)Nc1cccc2cnccc12. The molecule has 3 rings (SSSR count). The summed E-state index contributed by atoms with van der Waals surface area (Å²) in [6.07, 6.45) is 3.38. The fourth-order valence-corrected chi connectivity index (χ4v) is 3.77. The number of aromatic nitrogens is 1. The summed E-state index contributed by atoms with van der Waals surface area (Å²) in [5.74, 6) is -0.0932. The molecule has 0 aliphatic heterocycles. The molecule has 0 spiro atoms. The van der Waals surface area contributed by atoms with E-state index in [1.807, 2.05) is 24.3 Å². The lowest BCUT2D eigenvalue weighted by molar-refractivity contribution is 0.252. The molecule has 0 saturated carbocycles. The maximum absolute atomic E-state index is 12.1. The highest BCUT2D eigenvalue weighted by molar-refractivity contribution is 7.88. The Labute approximate surface area is 157 Å². The fourth-order valence-electron chi connectivity index (χ4n) is 2.63. The highest BCUT2D eigenvalue weighted by Gasteiger charge is 2.11. The lowest BCUT2D eigenvalue weighted by atomic mass is 10.1. The van der Waals surface area contributed by atoms with E-state index in [4.69, 9.17) is 0 Å². The second-order valence-corrected chi connectivity index (χ2v) is 7.73. The number of benzene rings is 2. The van der Waals surface area contributed by atoms with Crippen molar-refractivity contribution in [3.63, 3.8) is 0 Å². The minimum absolute atomic E-state index is 0.0932. The van der Waals surface area contributed by atoms with Gasteiger partial charge < -0.3 is 10.6 Å². The van der Waals surface area contributed by atoms with Gasteiger partial charge in [0.1, 0.15) is 0 Å². The summed E-state index contributed by atoms with van der Waals surface area (Å²) >= 11 is 0. The summed E-state index contributed by atoms with van der Waals surface area (Å²) in [4.78, 5) is 16.1. The molecule has 1 heterocycles. The van der Waals surface area contributed by atoms with E-state index in [0.29, 0.717) is 11.3 Å². The summed E-state index contributed by atoms with van der Waals surface area (Å²) in [5, 5.41) is 7.21. The molecule has 3 N–H and O–H groups in total. The lowest BCUT2D eigenvalue weighted by Crippen LogP contribution is -2.37. The third-order valence-corrected chi connectivity index (χ3v) is 5.22. The van der Waals surface area contributed by atoms with Gasteiger partial charge in [-0.2, -0.15) is 0 Å². The first kappa shape index (κ1) is 18.8. The first-order valence-corrected chi connectivity index (χ1v) is 10.1. The molecule has 0 radical (unpaired) electrons. The number of sulfonamides is 1. The number of amides is 2. The van der Waals surface area contributed by atoms with Crippen LogP contribution in [0.15, 0.2) is 67.0 Å². The van der Waals surface area contributed by atoms with Crippen LogP contribution in [0.1, 0.15) is 5.56 Å². The van der Waals surface area contributed by atoms with Crippen molar-refractivity contribution < 1.29 is 13.2 Å². The average Bonchev–Trinajstić information content (AvgIpc) is 2.66. The summed E-state index contributed by atoms with van der Waals surface area (Å²) in [6.45, 7) is 0.286. The zero-order valence-corrected chi connectivity index (χ0v) is 15.4. The number of urea groups is 1. The first-order valence-electron chi connectivity index (χ1n) is 8.42. The molecule has 0 unspecified atom stereocenters. The molecule has 0 bridgehead atoms. The molecule has 7 nitrogen and oxygen atoms in total. The summed E-state index contributed by atoms with van der Waals surface area (Å²) < 4.78 is 26.6. The zero-order chi connectivity index (χ0) is 19.1. The van der Waals surface area contributed by atoms with E-state index in [1.54, 1.807) is 42.7 Å². The molecular weight excluding hydrogens is 364 g/mol. The molecule has 0 fully saturated rings. The number of hydrogen-bond acceptors (Lipinski definition) is 4. The summed E-state index contributed by atoms with van der Waals surface area (Å²) in [7, 11) is -3.45. The zero-order valence-electron chi connectivity index (χ0n) is 14.6. The largest absolute Gasteiger partial charge is 0.337 e. The van der Waals surface area contributed by atoms with E-state index in [-0.39, 0.29) is 18.8 Å². The molecule has 0 atom stereocenters. The smallest absolute Gasteiger partial charge is 0.319 e. The van der Waals surface area contributed by atoms with Gasteiger partial charge >= 0.3 is 6.03 Å². The van der Waals surface area contributed by atoms with Gasteiger partial charge in [-0.15, -0.1) is 0 Å². The van der Waals surface area contributed by atoms with E-state index in [9.17, 15) is 13.2 Å². The number of nitrogens with zero attached hydrogens (tertiary/aromatic N) is 1. The number of fused-ring (bicyclic) bond motifs is 1. The van der Waals surface area contributed by atoms with Crippen LogP contribution >= 0.6 is 0 Å². The van der Waals surface area contributed by atoms with Gasteiger partial charge in [-0.05, 0) is 17.7 Å². The van der Waals surface area contributed by atoms with Crippen LogP contribution in [0.2, 0.25) is 0 Å². The lowest BCUT2D eigenvalue weighted by Gasteiger charge is -2.11. The molecule has 3 aromatic rings. The molecule has 0 aliphatic rings. The van der Waals surface area contributed by atoms with Crippen molar-refractivity contribution in [2.75, 3.05) is 18.4 Å². The predicted octanol–water partition coefficient (Wildman–Crippen LogP) is 2.48. The fraction of sp³-hybridized carbons (Fsp3) is 0.158. The molecule has 1 aromatic heterocycles. The standard InChI is InChI=1S/C19H20N4O3S/c24-19(23-18-8-4-7-16-13-20-10-9-17(16)18)21-11-12-22-27(25,26)14-15-5-2-1-3-6-15/h1-10,13,22H,11-12,14H2,(H2,21,23,24). The Kier molecular flexibility index (Phi) is 6.00. The van der Waals surface area contributed by atoms with Crippen LogP contribution in [0, 0.1) is 0 Å². The van der Waals surface area contributed by atoms with Gasteiger partial charge in [0.2, 0.25) is 10.0 Å². The van der Waals surface area contributed by atoms with E-state index in [0.717, 1.165) is 10.8 Å². The second-order valence-electron chi connectivity index (χ2n) is 5.92. The van der Waals surface area contributed by atoms with Crippen molar-refractivity contribution in [2.24, 2.45) is 0 Å². The van der Waals surface area contributed by atoms with Gasteiger partial charge in [-0.25, -0.2) is 17.9 Å². The summed E-state index contributed by atoms with van der Waals surface area (Å²) in [5.41, 5.74) is 1.37. The van der Waals surface area contributed by atoms with Crippen LogP contribution in [0.5, 0.6) is 0 Å². The number of nitrogens with one attached hydrogen (secondary N) is 3. The number of hydrogen-bond donors (Lipinski definition) is 3. The quantitative estimate of drug-likeness (QED) is 0.545. The van der Waals surface area contributed by atoms with Gasteiger partial charge in [0.05, 0.1) is 11.4 Å². The van der Waals surface area contributed by atoms with Crippen molar-refractivity contribution in [3.05, 3.63) is 72.6 Å². The van der Waals surface area contributed by atoms with Crippen LogP contribution in [0.4, 0.5) is 10.5 Å². The van der Waals surface area contributed by atoms with Gasteiger partial charge in [0.25, 0.3) is 0 Å². The number of rotatable bonds is 7. The Balaban J connectivity index is 1.47. The molecular formula is C19H20N4O3S. The molecule has 0 aliphatic carbocycles. The highest BCUT2D eigenvalue weighted by atomic mass is 32.2. The molecule has 8 heteroatoms. The number of carbonyl (C=O) groups is 1. The number of anilines is 1. The van der Waals surface area contributed by atoms with Crippen LogP contribution in [0.25, 0.3) is 10.8 Å². The highest BCUT2D eigenvalue weighted by Crippen LogP contribution is 2.21. The molecule has 0 saturated heterocycles. The Morgan fingerprint density at radius 3 is 2.59 bits per heavy atom. The number of carbonyl (C=O) groups excluding carboxylic acids is 1. The minimum Gasteiger partial charge on any atom is -0.337 e. The Bertz CT molecular complexity index is 1020. The topological polar surface area (TPSA) is 100 Å². The maximum Gasteiger partial charge on any atom is 0.319 e. The second kappa shape index (κ2) is 8.61. The van der Waals surface area contributed by atoms with Gasteiger partial charge in [0.15, 0.2) is 0 Å². The van der Waals surface area contributed by atoms with Gasteiger partial charge in [-0.3, -0.25) is 4.98 Å². The number of pyridine rings is 1. The Morgan fingerprint density at radius 2 is 1.78 bits per heavy atom. The van der Waals surface area contributed by atoms with Crippen molar-refractivity contribution >= 4 is 32.5 Å². The Hall–Kier alpha value is -2.97. The molecule has 27 heavy (non-hydrogen) atoms. The van der Waals surface area contributed by atoms with Gasteiger partial charge in [-0.1, -0.05) is 42.5 Å². The predicted molar refractivity (Wildman–Crippen MR) is 106 cm³/mol. The average molecular weight is 384 g/mol. The van der Waals surface area contributed by atoms with Crippen molar-refractivity contribution in [3.8, 4) is 0 Å². The molecule has 2 amide bonds. The maximum atomic E-state index is 12.1. The van der Waals surface area contributed by atoms with E-state index in [2.05, 4.69) is 20.3 Å². The van der Waals surface area contributed by atoms with Gasteiger partial charge in [0, 0.05) is 36.3 Å². The van der Waals surface area contributed by atoms with Crippen molar-refractivity contribution in [1.29, 1.82) is 0 Å². The first-order chi connectivity index (χ1) is 13.0. The molecule has 140 valence electrons.